The predicted molar refractivity (Wildman–Crippen MR) is 41.5 cm³/mol. The minimum absolute atomic E-state index is 0.0527. The topological polar surface area (TPSA) is 61.5 Å². The first kappa shape index (κ1) is 6.15. The summed E-state index contributed by atoms with van der Waals surface area (Å²) in [4.78, 5) is 14.1. The second-order valence-electron chi connectivity index (χ2n) is 2.48. The summed E-state index contributed by atoms with van der Waals surface area (Å²) in [6, 6.07) is 1.80. The first-order valence-electron chi connectivity index (χ1n) is 3.30. The average molecular weight is 149 g/mol. The van der Waals surface area contributed by atoms with Crippen molar-refractivity contribution in [1.29, 1.82) is 0 Å². The van der Waals surface area contributed by atoms with E-state index in [0.29, 0.717) is 11.0 Å². The molecule has 0 bridgehead atoms. The van der Waals surface area contributed by atoms with Crippen LogP contribution < -0.4 is 5.43 Å². The highest BCUT2D eigenvalue weighted by Gasteiger charge is 1.99. The molecule has 2 N–H and O–H groups in total. The Bertz CT molecular complexity index is 440. The maximum Gasteiger partial charge on any atom is 0.209 e. The molecule has 0 aliphatic carbocycles. The van der Waals surface area contributed by atoms with Gasteiger partial charge in [-0.1, -0.05) is 0 Å². The highest BCUT2D eigenvalue weighted by atomic mass is 16.1. The molecular weight excluding hydrogens is 142 g/mol. The molecule has 0 saturated carbocycles. The van der Waals surface area contributed by atoms with Crippen LogP contribution in [0.15, 0.2) is 17.1 Å². The predicted octanol–water partition coefficient (Wildman–Crippen LogP) is 0.560. The van der Waals surface area contributed by atoms with Gasteiger partial charge in [-0.2, -0.15) is 5.10 Å². The first-order valence-corrected chi connectivity index (χ1v) is 3.30. The number of hydrogen-bond donors (Lipinski definition) is 2. The van der Waals surface area contributed by atoms with Crippen molar-refractivity contribution >= 4 is 11.0 Å². The Labute approximate surface area is 62.3 Å². The summed E-state index contributed by atoms with van der Waals surface area (Å²) in [6.07, 6.45) is 1.27. The lowest BCUT2D eigenvalue weighted by Gasteiger charge is -1.84. The van der Waals surface area contributed by atoms with E-state index in [1.54, 1.807) is 6.07 Å². The lowest BCUT2D eigenvalue weighted by molar-refractivity contribution is 1.04. The molecule has 0 aliphatic heterocycles. The minimum atomic E-state index is -0.0527. The van der Waals surface area contributed by atoms with Crippen molar-refractivity contribution in [2.45, 2.75) is 6.92 Å². The van der Waals surface area contributed by atoms with Crippen molar-refractivity contribution < 1.29 is 0 Å². The third-order valence-corrected chi connectivity index (χ3v) is 1.58. The van der Waals surface area contributed by atoms with Gasteiger partial charge in [-0.3, -0.25) is 9.89 Å². The van der Waals surface area contributed by atoms with Crippen LogP contribution in [0.5, 0.6) is 0 Å². The van der Waals surface area contributed by atoms with E-state index in [-0.39, 0.29) is 5.43 Å². The van der Waals surface area contributed by atoms with Gasteiger partial charge in [0.25, 0.3) is 0 Å². The molecule has 2 rings (SSSR count). The number of nitrogens with zero attached hydrogens (tertiary/aromatic N) is 1. The van der Waals surface area contributed by atoms with Crippen LogP contribution in [0.1, 0.15) is 5.69 Å². The molecule has 2 aromatic heterocycles. The summed E-state index contributed by atoms with van der Waals surface area (Å²) in [6.45, 7) is 1.90. The summed E-state index contributed by atoms with van der Waals surface area (Å²) in [5.74, 6) is 0. The van der Waals surface area contributed by atoms with Crippen molar-refractivity contribution in [3.05, 3.63) is 28.2 Å². The molecule has 0 radical (unpaired) electrons. The number of rotatable bonds is 0. The highest BCUT2D eigenvalue weighted by Crippen LogP contribution is 2.05. The van der Waals surface area contributed by atoms with Crippen LogP contribution in [0.3, 0.4) is 0 Å². The molecule has 0 saturated heterocycles. The third kappa shape index (κ3) is 0.832. The van der Waals surface area contributed by atoms with Crippen LogP contribution in [0.25, 0.3) is 11.0 Å². The van der Waals surface area contributed by atoms with Gasteiger partial charge in [0.1, 0.15) is 5.65 Å². The number of aromatic nitrogens is 3. The van der Waals surface area contributed by atoms with E-state index in [4.69, 9.17) is 0 Å². The number of hydrogen-bond acceptors (Lipinski definition) is 2. The van der Waals surface area contributed by atoms with Crippen LogP contribution in [-0.2, 0) is 0 Å². The molecular formula is C7H7N3O. The lowest BCUT2D eigenvalue weighted by Crippen LogP contribution is -2.00. The summed E-state index contributed by atoms with van der Waals surface area (Å²) in [7, 11) is 0. The van der Waals surface area contributed by atoms with Gasteiger partial charge in [-0.15, -0.1) is 0 Å². The van der Waals surface area contributed by atoms with Crippen LogP contribution in [0.4, 0.5) is 0 Å². The lowest BCUT2D eigenvalue weighted by atomic mass is 10.3. The quantitative estimate of drug-likeness (QED) is 0.574. The SMILES string of the molecule is Cc1cc2c(=O)cn[nH]c2[nH]1. The fourth-order valence-corrected chi connectivity index (χ4v) is 1.10. The molecule has 4 heteroatoms. The van der Waals surface area contributed by atoms with E-state index in [1.165, 1.54) is 6.20 Å². The zero-order valence-electron chi connectivity index (χ0n) is 6.01. The molecule has 0 aromatic carbocycles. The molecule has 56 valence electrons. The van der Waals surface area contributed by atoms with Gasteiger partial charge in [-0.25, -0.2) is 0 Å². The third-order valence-electron chi connectivity index (χ3n) is 1.58. The van der Waals surface area contributed by atoms with Gasteiger partial charge in [-0.05, 0) is 13.0 Å². The Kier molecular flexibility index (Phi) is 1.09. The number of nitrogens with one attached hydrogen (secondary N) is 2. The van der Waals surface area contributed by atoms with Gasteiger partial charge < -0.3 is 4.98 Å². The van der Waals surface area contributed by atoms with Crippen molar-refractivity contribution in [2.24, 2.45) is 0 Å². The van der Waals surface area contributed by atoms with Gasteiger partial charge in [0.2, 0.25) is 5.43 Å². The summed E-state index contributed by atoms with van der Waals surface area (Å²) >= 11 is 0. The highest BCUT2D eigenvalue weighted by molar-refractivity contribution is 5.75. The molecule has 0 unspecified atom stereocenters. The molecule has 2 heterocycles. The molecule has 4 nitrogen and oxygen atoms in total. The van der Waals surface area contributed by atoms with Gasteiger partial charge >= 0.3 is 0 Å². The van der Waals surface area contributed by atoms with E-state index in [2.05, 4.69) is 15.2 Å². The molecule has 0 amide bonds. The van der Waals surface area contributed by atoms with Crippen molar-refractivity contribution in [3.8, 4) is 0 Å². The summed E-state index contributed by atoms with van der Waals surface area (Å²) in [5.41, 5.74) is 1.60. The van der Waals surface area contributed by atoms with Crippen LogP contribution in [0.2, 0.25) is 0 Å². The molecule has 0 aliphatic rings. The maximum atomic E-state index is 11.1. The van der Waals surface area contributed by atoms with Crippen molar-refractivity contribution in [1.82, 2.24) is 15.2 Å². The van der Waals surface area contributed by atoms with E-state index in [9.17, 15) is 4.79 Å². The van der Waals surface area contributed by atoms with Crippen LogP contribution in [0, 0.1) is 6.92 Å². The van der Waals surface area contributed by atoms with E-state index < -0.39 is 0 Å². The summed E-state index contributed by atoms with van der Waals surface area (Å²) in [5, 5.41) is 7.03. The Morgan fingerprint density at radius 3 is 3.09 bits per heavy atom. The monoisotopic (exact) mass is 149 g/mol. The zero-order valence-corrected chi connectivity index (χ0v) is 6.01. The standard InChI is InChI=1S/C7H7N3O/c1-4-2-5-6(11)3-8-10-7(5)9-4/h2-3H,1H3,(H2,9,10,11). The van der Waals surface area contributed by atoms with Crippen molar-refractivity contribution in [3.63, 3.8) is 0 Å². The molecule has 2 aromatic rings. The minimum Gasteiger partial charge on any atom is -0.344 e. The second-order valence-corrected chi connectivity index (χ2v) is 2.48. The van der Waals surface area contributed by atoms with Gasteiger partial charge in [0.15, 0.2) is 0 Å². The number of aryl methyl sites for hydroxylation is 1. The van der Waals surface area contributed by atoms with Crippen molar-refractivity contribution in [2.75, 3.05) is 0 Å². The normalized spacial score (nSPS) is 10.6. The number of H-pyrrole nitrogens is 2. The Morgan fingerprint density at radius 1 is 1.55 bits per heavy atom. The summed E-state index contributed by atoms with van der Waals surface area (Å²) < 4.78 is 0. The van der Waals surface area contributed by atoms with Crippen LogP contribution >= 0.6 is 0 Å². The van der Waals surface area contributed by atoms with E-state index in [1.807, 2.05) is 6.92 Å². The number of fused-ring (bicyclic) bond motifs is 1. The Morgan fingerprint density at radius 2 is 2.36 bits per heavy atom. The fraction of sp³-hybridized carbons (Fsp3) is 0.143. The molecule has 0 fully saturated rings. The largest absolute Gasteiger partial charge is 0.344 e. The maximum absolute atomic E-state index is 11.1. The van der Waals surface area contributed by atoms with E-state index in [0.717, 1.165) is 5.69 Å². The van der Waals surface area contributed by atoms with Gasteiger partial charge in [0, 0.05) is 5.69 Å². The van der Waals surface area contributed by atoms with E-state index >= 15 is 0 Å². The smallest absolute Gasteiger partial charge is 0.209 e. The Hall–Kier alpha value is -1.58. The second kappa shape index (κ2) is 1.95. The zero-order chi connectivity index (χ0) is 7.84. The average Bonchev–Trinajstić information content (AvgIpc) is 2.31. The fourth-order valence-electron chi connectivity index (χ4n) is 1.10. The Balaban J connectivity index is 3.02. The van der Waals surface area contributed by atoms with Gasteiger partial charge in [0.05, 0.1) is 11.6 Å². The van der Waals surface area contributed by atoms with Crippen LogP contribution in [-0.4, -0.2) is 15.2 Å². The molecule has 0 spiro atoms. The first-order chi connectivity index (χ1) is 5.27. The number of aromatic amines is 2. The molecule has 11 heavy (non-hydrogen) atoms. The molecule has 0 atom stereocenters.